The molecule has 6 heterocycles. The van der Waals surface area contributed by atoms with Crippen molar-refractivity contribution in [3.63, 3.8) is 0 Å². The highest BCUT2D eigenvalue weighted by atomic mass is 16.5. The van der Waals surface area contributed by atoms with E-state index in [2.05, 4.69) is 41.7 Å². The fourth-order valence-electron chi connectivity index (χ4n) is 4.39. The van der Waals surface area contributed by atoms with Crippen molar-refractivity contribution in [2.45, 2.75) is 45.9 Å². The standard InChI is InChI=1S/C15H19N5O2.C11H11N5O2/c1-2-3-8-22-15(21)12-10-19-6-7-20(11-14(19)18-12)13-9-16-4-5-17-13;17-11(18)8-6-15-3-4-16(7-10(15)14-8)9-5-12-1-2-13-9/h4-5,9-10H,2-3,6-8,11H2,1H3;1-2,5-6H,3-4,7H2,(H,17,18). The Morgan fingerprint density at radius 2 is 1.38 bits per heavy atom. The SMILES string of the molecule is CCCCOC(=O)c1cn2c(n1)CN(c1cnccn1)CC2.O=C(O)c1cn2c(n1)CN(c1cnccn1)CC2. The number of hydrogen-bond donors (Lipinski definition) is 1. The Balaban J connectivity index is 0.000000164. The summed E-state index contributed by atoms with van der Waals surface area (Å²) in [6.45, 7) is 6.71. The first-order chi connectivity index (χ1) is 19.5. The van der Waals surface area contributed by atoms with Gasteiger partial charge < -0.3 is 28.8 Å². The number of aromatic carboxylic acids is 1. The summed E-state index contributed by atoms with van der Waals surface area (Å²) in [5, 5.41) is 8.91. The Morgan fingerprint density at radius 1 is 0.825 bits per heavy atom. The van der Waals surface area contributed by atoms with E-state index in [0.717, 1.165) is 55.8 Å². The Hall–Kier alpha value is -4.88. The first-order valence-electron chi connectivity index (χ1n) is 13.1. The van der Waals surface area contributed by atoms with Crippen LogP contribution in [0.5, 0.6) is 0 Å². The van der Waals surface area contributed by atoms with Gasteiger partial charge in [0.25, 0.3) is 0 Å². The minimum absolute atomic E-state index is 0.0889. The highest BCUT2D eigenvalue weighted by molar-refractivity contribution is 5.87. The van der Waals surface area contributed by atoms with Crippen molar-refractivity contribution in [2.75, 3.05) is 29.5 Å². The summed E-state index contributed by atoms with van der Waals surface area (Å²) >= 11 is 0. The zero-order chi connectivity index (χ0) is 27.9. The number of carboxylic acids is 1. The van der Waals surface area contributed by atoms with E-state index in [1.807, 2.05) is 14.0 Å². The Labute approximate surface area is 230 Å². The van der Waals surface area contributed by atoms with Crippen LogP contribution in [0.4, 0.5) is 11.6 Å². The summed E-state index contributed by atoms with van der Waals surface area (Å²) < 4.78 is 9.08. The number of hydrogen-bond acceptors (Lipinski definition) is 11. The van der Waals surface area contributed by atoms with Crippen LogP contribution in [0.2, 0.25) is 0 Å². The van der Waals surface area contributed by atoms with E-state index in [1.54, 1.807) is 49.6 Å². The summed E-state index contributed by atoms with van der Waals surface area (Å²) in [7, 11) is 0. The zero-order valence-corrected chi connectivity index (χ0v) is 22.1. The van der Waals surface area contributed by atoms with Gasteiger partial charge in [-0.3, -0.25) is 9.97 Å². The highest BCUT2D eigenvalue weighted by Gasteiger charge is 2.23. The number of unbranched alkanes of at least 4 members (excludes halogenated alkanes) is 1. The van der Waals surface area contributed by atoms with Crippen LogP contribution >= 0.6 is 0 Å². The first kappa shape index (κ1) is 26.7. The second-order valence-corrected chi connectivity index (χ2v) is 9.24. The van der Waals surface area contributed by atoms with Crippen LogP contribution in [-0.2, 0) is 30.9 Å². The lowest BCUT2D eigenvalue weighted by molar-refractivity contribution is 0.0492. The molecule has 2 aliphatic rings. The second kappa shape index (κ2) is 12.3. The molecule has 6 rings (SSSR count). The minimum Gasteiger partial charge on any atom is -0.476 e. The second-order valence-electron chi connectivity index (χ2n) is 9.24. The predicted octanol–water partition coefficient (Wildman–Crippen LogP) is 2.04. The number of carbonyl (C=O) groups excluding carboxylic acids is 1. The maximum Gasteiger partial charge on any atom is 0.358 e. The minimum atomic E-state index is -0.997. The molecule has 0 unspecified atom stereocenters. The van der Waals surface area contributed by atoms with Gasteiger partial charge in [-0.05, 0) is 6.42 Å². The molecule has 0 amide bonds. The average Bonchev–Trinajstić information content (AvgIpc) is 3.62. The van der Waals surface area contributed by atoms with Crippen molar-refractivity contribution in [3.8, 4) is 0 Å². The molecule has 2 aliphatic heterocycles. The van der Waals surface area contributed by atoms with E-state index >= 15 is 0 Å². The number of esters is 1. The Bertz CT molecular complexity index is 1440. The van der Waals surface area contributed by atoms with Crippen molar-refractivity contribution in [1.29, 1.82) is 0 Å². The van der Waals surface area contributed by atoms with Gasteiger partial charge in [-0.15, -0.1) is 0 Å². The maximum atomic E-state index is 12.0. The molecule has 0 radical (unpaired) electrons. The van der Waals surface area contributed by atoms with E-state index in [1.165, 1.54) is 0 Å². The molecule has 40 heavy (non-hydrogen) atoms. The molecule has 14 heteroatoms. The van der Waals surface area contributed by atoms with Gasteiger partial charge in [0, 0.05) is 63.4 Å². The number of imidazole rings is 2. The molecule has 208 valence electrons. The van der Waals surface area contributed by atoms with Crippen molar-refractivity contribution in [2.24, 2.45) is 0 Å². The average molecular weight is 547 g/mol. The zero-order valence-electron chi connectivity index (χ0n) is 22.1. The van der Waals surface area contributed by atoms with Gasteiger partial charge in [0.2, 0.25) is 0 Å². The third-order valence-corrected chi connectivity index (χ3v) is 6.51. The van der Waals surface area contributed by atoms with Gasteiger partial charge in [0.1, 0.15) is 23.3 Å². The molecule has 14 nitrogen and oxygen atoms in total. The van der Waals surface area contributed by atoms with E-state index in [0.29, 0.717) is 31.9 Å². The summed E-state index contributed by atoms with van der Waals surface area (Å²) in [6, 6.07) is 0. The van der Waals surface area contributed by atoms with Crippen LogP contribution in [0.3, 0.4) is 0 Å². The van der Waals surface area contributed by atoms with Crippen molar-refractivity contribution in [1.82, 2.24) is 39.0 Å². The lowest BCUT2D eigenvalue weighted by atomic mass is 10.3. The van der Waals surface area contributed by atoms with Crippen LogP contribution in [-0.4, -0.2) is 75.8 Å². The summed E-state index contributed by atoms with van der Waals surface area (Å²) in [5.74, 6) is 1.85. The highest BCUT2D eigenvalue weighted by Crippen LogP contribution is 2.19. The number of carbonyl (C=O) groups is 2. The summed E-state index contributed by atoms with van der Waals surface area (Å²) in [6.07, 6.45) is 15.2. The number of anilines is 2. The van der Waals surface area contributed by atoms with Gasteiger partial charge in [-0.25, -0.2) is 29.5 Å². The molecule has 0 atom stereocenters. The number of aromatic nitrogens is 8. The van der Waals surface area contributed by atoms with E-state index < -0.39 is 5.97 Å². The Morgan fingerprint density at radius 3 is 1.88 bits per heavy atom. The third-order valence-electron chi connectivity index (χ3n) is 6.51. The van der Waals surface area contributed by atoms with E-state index in [-0.39, 0.29) is 11.7 Å². The molecule has 0 bridgehead atoms. The fraction of sp³-hybridized carbons (Fsp3) is 0.385. The molecule has 0 fully saturated rings. The Kier molecular flexibility index (Phi) is 8.23. The van der Waals surface area contributed by atoms with Crippen LogP contribution in [0.15, 0.2) is 49.6 Å². The maximum absolute atomic E-state index is 12.0. The predicted molar refractivity (Wildman–Crippen MR) is 143 cm³/mol. The molecule has 0 aromatic carbocycles. The summed E-state index contributed by atoms with van der Waals surface area (Å²) in [4.78, 5) is 52.1. The van der Waals surface area contributed by atoms with Gasteiger partial charge in [-0.2, -0.15) is 0 Å². The number of rotatable bonds is 7. The van der Waals surface area contributed by atoms with Gasteiger partial charge in [0.15, 0.2) is 11.4 Å². The fourth-order valence-corrected chi connectivity index (χ4v) is 4.39. The molecule has 1 N–H and O–H groups in total. The molecule has 0 saturated heterocycles. The van der Waals surface area contributed by atoms with Crippen LogP contribution in [0.1, 0.15) is 52.4 Å². The van der Waals surface area contributed by atoms with Gasteiger partial charge in [-0.1, -0.05) is 13.3 Å². The smallest absolute Gasteiger partial charge is 0.358 e. The van der Waals surface area contributed by atoms with Crippen LogP contribution in [0.25, 0.3) is 0 Å². The number of ether oxygens (including phenoxy) is 1. The monoisotopic (exact) mass is 546 g/mol. The van der Waals surface area contributed by atoms with Crippen molar-refractivity contribution < 1.29 is 19.4 Å². The van der Waals surface area contributed by atoms with Crippen LogP contribution in [0, 0.1) is 0 Å². The number of fused-ring (bicyclic) bond motifs is 2. The van der Waals surface area contributed by atoms with Crippen molar-refractivity contribution in [3.05, 3.63) is 72.6 Å². The largest absolute Gasteiger partial charge is 0.476 e. The molecule has 4 aromatic rings. The van der Waals surface area contributed by atoms with Gasteiger partial charge in [0.05, 0.1) is 32.1 Å². The summed E-state index contributed by atoms with van der Waals surface area (Å²) in [5.41, 5.74) is 0.470. The normalized spacial score (nSPS) is 14.0. The topological polar surface area (TPSA) is 157 Å². The molecular weight excluding hydrogens is 516 g/mol. The number of carboxylic acid groups (broad SMARTS) is 1. The molecule has 0 spiro atoms. The van der Waals surface area contributed by atoms with Gasteiger partial charge >= 0.3 is 11.9 Å². The molecule has 0 saturated carbocycles. The lowest BCUT2D eigenvalue weighted by Crippen LogP contribution is -2.34. The van der Waals surface area contributed by atoms with Crippen LogP contribution < -0.4 is 9.80 Å². The lowest BCUT2D eigenvalue weighted by Gasteiger charge is -2.28. The third kappa shape index (κ3) is 6.22. The molecule has 0 aliphatic carbocycles. The molecule has 4 aromatic heterocycles. The molecular formula is C26H30N10O4. The van der Waals surface area contributed by atoms with E-state index in [9.17, 15) is 9.59 Å². The van der Waals surface area contributed by atoms with Crippen molar-refractivity contribution >= 4 is 23.6 Å². The quantitative estimate of drug-likeness (QED) is 0.266. The first-order valence-corrected chi connectivity index (χ1v) is 13.1. The number of nitrogens with zero attached hydrogens (tertiary/aromatic N) is 10. The van der Waals surface area contributed by atoms with E-state index in [4.69, 9.17) is 9.84 Å².